The maximum atomic E-state index is 13.5. The van der Waals surface area contributed by atoms with Gasteiger partial charge < -0.3 is 11.1 Å². The molecule has 0 aliphatic rings. The predicted molar refractivity (Wildman–Crippen MR) is 72.1 cm³/mol. The first-order valence-electron chi connectivity index (χ1n) is 5.61. The van der Waals surface area contributed by atoms with Crippen LogP contribution in [0.15, 0.2) is 30.5 Å². The van der Waals surface area contributed by atoms with Gasteiger partial charge in [-0.1, -0.05) is 11.6 Å². The molecule has 108 valence electrons. The Bertz CT molecular complexity index is 737. The SMILES string of the molecule is NC(=O)c1ccc(Cl)c(NC(=O)c2ccnc(F)c2F)c1. The van der Waals surface area contributed by atoms with Crippen LogP contribution in [0, 0.1) is 11.8 Å². The van der Waals surface area contributed by atoms with Gasteiger partial charge in [-0.05, 0) is 24.3 Å². The summed E-state index contributed by atoms with van der Waals surface area (Å²) < 4.78 is 26.4. The number of nitrogens with zero attached hydrogens (tertiary/aromatic N) is 1. The third kappa shape index (κ3) is 3.14. The van der Waals surface area contributed by atoms with Crippen molar-refractivity contribution in [3.63, 3.8) is 0 Å². The van der Waals surface area contributed by atoms with Crippen LogP contribution in [0.4, 0.5) is 14.5 Å². The largest absolute Gasteiger partial charge is 0.366 e. The molecule has 0 radical (unpaired) electrons. The molecule has 0 bridgehead atoms. The quantitative estimate of drug-likeness (QED) is 0.853. The topological polar surface area (TPSA) is 85.1 Å². The van der Waals surface area contributed by atoms with Gasteiger partial charge >= 0.3 is 0 Å². The lowest BCUT2D eigenvalue weighted by Gasteiger charge is -2.09. The zero-order valence-electron chi connectivity index (χ0n) is 10.4. The fourth-order valence-electron chi connectivity index (χ4n) is 1.56. The number of aromatic nitrogens is 1. The van der Waals surface area contributed by atoms with Gasteiger partial charge in [-0.2, -0.15) is 4.39 Å². The Kier molecular flexibility index (Phi) is 4.13. The molecule has 2 aromatic rings. The number of primary amides is 1. The number of pyridine rings is 1. The van der Waals surface area contributed by atoms with Crippen LogP contribution in [0.3, 0.4) is 0 Å². The van der Waals surface area contributed by atoms with E-state index < -0.39 is 29.1 Å². The smallest absolute Gasteiger partial charge is 0.258 e. The van der Waals surface area contributed by atoms with E-state index in [0.717, 1.165) is 12.3 Å². The van der Waals surface area contributed by atoms with E-state index in [9.17, 15) is 18.4 Å². The van der Waals surface area contributed by atoms with Crippen molar-refractivity contribution >= 4 is 29.1 Å². The molecule has 0 spiro atoms. The summed E-state index contributed by atoms with van der Waals surface area (Å²) in [6, 6.07) is 4.96. The number of nitrogens with two attached hydrogens (primary N) is 1. The second-order valence-electron chi connectivity index (χ2n) is 3.98. The minimum atomic E-state index is -1.39. The minimum absolute atomic E-state index is 0.0505. The van der Waals surface area contributed by atoms with Gasteiger partial charge in [-0.15, -0.1) is 0 Å². The van der Waals surface area contributed by atoms with Crippen molar-refractivity contribution in [2.75, 3.05) is 5.32 Å². The van der Waals surface area contributed by atoms with Gasteiger partial charge in [0.2, 0.25) is 11.9 Å². The highest BCUT2D eigenvalue weighted by atomic mass is 35.5. The van der Waals surface area contributed by atoms with E-state index >= 15 is 0 Å². The number of hydrogen-bond donors (Lipinski definition) is 2. The molecule has 0 saturated carbocycles. The molecule has 2 amide bonds. The van der Waals surface area contributed by atoms with Crippen LogP contribution in [-0.2, 0) is 0 Å². The van der Waals surface area contributed by atoms with Crippen molar-refractivity contribution < 1.29 is 18.4 Å². The van der Waals surface area contributed by atoms with Crippen molar-refractivity contribution in [1.82, 2.24) is 4.98 Å². The number of amides is 2. The number of hydrogen-bond acceptors (Lipinski definition) is 3. The standard InChI is InChI=1S/C13H8ClF2N3O2/c14-8-2-1-6(12(17)20)5-9(8)19-13(21)7-3-4-18-11(16)10(7)15/h1-5H,(H2,17,20)(H,19,21). The molecular weight excluding hydrogens is 304 g/mol. The van der Waals surface area contributed by atoms with E-state index in [2.05, 4.69) is 10.3 Å². The summed E-state index contributed by atoms with van der Waals surface area (Å²) in [6.45, 7) is 0. The van der Waals surface area contributed by atoms with E-state index in [4.69, 9.17) is 17.3 Å². The summed E-state index contributed by atoms with van der Waals surface area (Å²) in [6.07, 6.45) is 0.953. The number of benzene rings is 1. The van der Waals surface area contributed by atoms with Crippen LogP contribution in [0.1, 0.15) is 20.7 Å². The third-order valence-corrected chi connectivity index (χ3v) is 2.92. The lowest BCUT2D eigenvalue weighted by Crippen LogP contribution is -2.16. The average Bonchev–Trinajstić information content (AvgIpc) is 2.43. The maximum Gasteiger partial charge on any atom is 0.258 e. The molecule has 1 aromatic carbocycles. The maximum absolute atomic E-state index is 13.5. The molecule has 5 nitrogen and oxygen atoms in total. The fourth-order valence-corrected chi connectivity index (χ4v) is 1.72. The number of rotatable bonds is 3. The van der Waals surface area contributed by atoms with Gasteiger partial charge in [0.15, 0.2) is 5.82 Å². The summed E-state index contributed by atoms with van der Waals surface area (Å²) >= 11 is 5.86. The monoisotopic (exact) mass is 311 g/mol. The van der Waals surface area contributed by atoms with Crippen LogP contribution in [0.25, 0.3) is 0 Å². The first-order valence-corrected chi connectivity index (χ1v) is 5.98. The highest BCUT2D eigenvalue weighted by Crippen LogP contribution is 2.24. The van der Waals surface area contributed by atoms with E-state index in [0.29, 0.717) is 0 Å². The normalized spacial score (nSPS) is 10.2. The fraction of sp³-hybridized carbons (Fsp3) is 0. The van der Waals surface area contributed by atoms with Gasteiger partial charge in [0.1, 0.15) is 0 Å². The first kappa shape index (κ1) is 14.9. The highest BCUT2D eigenvalue weighted by molar-refractivity contribution is 6.34. The van der Waals surface area contributed by atoms with Crippen LogP contribution in [-0.4, -0.2) is 16.8 Å². The predicted octanol–water partition coefficient (Wildman–Crippen LogP) is 2.36. The van der Waals surface area contributed by atoms with Gasteiger partial charge in [-0.3, -0.25) is 9.59 Å². The molecule has 21 heavy (non-hydrogen) atoms. The Labute approximate surface area is 122 Å². The number of anilines is 1. The summed E-state index contributed by atoms with van der Waals surface area (Å²) in [5, 5.41) is 2.39. The molecule has 1 heterocycles. The Morgan fingerprint density at radius 2 is 1.95 bits per heavy atom. The molecule has 1 aromatic heterocycles. The van der Waals surface area contributed by atoms with Crippen molar-refractivity contribution in [3.05, 3.63) is 58.4 Å². The van der Waals surface area contributed by atoms with Crippen molar-refractivity contribution in [2.24, 2.45) is 5.73 Å². The average molecular weight is 312 g/mol. The number of carbonyl (C=O) groups excluding carboxylic acids is 2. The van der Waals surface area contributed by atoms with Gasteiger partial charge in [0.25, 0.3) is 5.91 Å². The molecular formula is C13H8ClF2N3O2. The van der Waals surface area contributed by atoms with Crippen LogP contribution in [0.2, 0.25) is 5.02 Å². The summed E-state index contributed by atoms with van der Waals surface area (Å²) in [5.41, 5.74) is 4.73. The van der Waals surface area contributed by atoms with Crippen LogP contribution < -0.4 is 11.1 Å². The van der Waals surface area contributed by atoms with E-state index in [1.807, 2.05) is 0 Å². The Hall–Kier alpha value is -2.54. The van der Waals surface area contributed by atoms with E-state index in [-0.39, 0.29) is 16.3 Å². The highest BCUT2D eigenvalue weighted by Gasteiger charge is 2.17. The second-order valence-corrected chi connectivity index (χ2v) is 4.38. The Balaban J connectivity index is 2.33. The number of nitrogens with one attached hydrogen (secondary N) is 1. The van der Waals surface area contributed by atoms with Crippen LogP contribution >= 0.6 is 11.6 Å². The van der Waals surface area contributed by atoms with Crippen LogP contribution in [0.5, 0.6) is 0 Å². The van der Waals surface area contributed by atoms with Crippen molar-refractivity contribution in [2.45, 2.75) is 0 Å². The minimum Gasteiger partial charge on any atom is -0.366 e. The van der Waals surface area contributed by atoms with Crippen molar-refractivity contribution in [1.29, 1.82) is 0 Å². The van der Waals surface area contributed by atoms with Gasteiger partial charge in [0, 0.05) is 11.8 Å². The zero-order chi connectivity index (χ0) is 15.6. The number of carbonyl (C=O) groups is 2. The zero-order valence-corrected chi connectivity index (χ0v) is 11.1. The molecule has 2 rings (SSSR count). The summed E-state index contributed by atoms with van der Waals surface area (Å²) in [4.78, 5) is 26.0. The van der Waals surface area contributed by atoms with E-state index in [1.165, 1.54) is 18.2 Å². The molecule has 0 unspecified atom stereocenters. The number of halogens is 3. The van der Waals surface area contributed by atoms with Crippen molar-refractivity contribution in [3.8, 4) is 0 Å². The van der Waals surface area contributed by atoms with Gasteiger partial charge in [0.05, 0.1) is 16.3 Å². The molecule has 0 aliphatic heterocycles. The lowest BCUT2D eigenvalue weighted by atomic mass is 10.1. The third-order valence-electron chi connectivity index (χ3n) is 2.59. The molecule has 3 N–H and O–H groups in total. The Morgan fingerprint density at radius 1 is 1.24 bits per heavy atom. The molecule has 0 fully saturated rings. The molecule has 0 aliphatic carbocycles. The first-order chi connectivity index (χ1) is 9.90. The summed E-state index contributed by atoms with van der Waals surface area (Å²) in [5.74, 6) is -4.42. The molecule has 0 atom stereocenters. The molecule has 0 saturated heterocycles. The lowest BCUT2D eigenvalue weighted by molar-refractivity contribution is 0.0995. The molecule has 8 heteroatoms. The second kappa shape index (κ2) is 5.84. The van der Waals surface area contributed by atoms with E-state index in [1.54, 1.807) is 0 Å². The Morgan fingerprint density at radius 3 is 2.62 bits per heavy atom. The van der Waals surface area contributed by atoms with Gasteiger partial charge in [-0.25, -0.2) is 9.37 Å². The summed E-state index contributed by atoms with van der Waals surface area (Å²) in [7, 11) is 0.